The van der Waals surface area contributed by atoms with Crippen LogP contribution in [0.2, 0.25) is 0 Å². The minimum absolute atomic E-state index is 0.188. The summed E-state index contributed by atoms with van der Waals surface area (Å²) in [6.07, 6.45) is 1.38. The minimum Gasteiger partial charge on any atom is -0.419 e. The lowest BCUT2D eigenvalue weighted by Gasteiger charge is -2.29. The van der Waals surface area contributed by atoms with E-state index in [9.17, 15) is 9.59 Å². The highest BCUT2D eigenvalue weighted by atomic mass is 16.7. The van der Waals surface area contributed by atoms with E-state index >= 15 is 0 Å². The van der Waals surface area contributed by atoms with Gasteiger partial charge in [-0.25, -0.2) is 9.59 Å². The van der Waals surface area contributed by atoms with Gasteiger partial charge in [0.2, 0.25) is 0 Å². The van der Waals surface area contributed by atoms with E-state index in [1.165, 1.54) is 0 Å². The van der Waals surface area contributed by atoms with Crippen molar-refractivity contribution in [1.82, 2.24) is 0 Å². The number of hydrogen-bond acceptors (Lipinski definition) is 7. The van der Waals surface area contributed by atoms with Gasteiger partial charge in [0, 0.05) is 23.4 Å². The van der Waals surface area contributed by atoms with Crippen LogP contribution in [0.3, 0.4) is 0 Å². The predicted molar refractivity (Wildman–Crippen MR) is 117 cm³/mol. The Bertz CT molecular complexity index is 1160. The Hall–Kier alpha value is -4.48. The van der Waals surface area contributed by atoms with Gasteiger partial charge in [-0.15, -0.1) is 0 Å². The Labute approximate surface area is 191 Å². The van der Waals surface area contributed by atoms with Crippen LogP contribution in [-0.2, 0) is 28.5 Å². The van der Waals surface area contributed by atoms with Crippen LogP contribution >= 0.6 is 0 Å². The molecular weight excluding hydrogens is 424 g/mol. The zero-order valence-corrected chi connectivity index (χ0v) is 17.7. The summed E-state index contributed by atoms with van der Waals surface area (Å²) < 4.78 is 27.1. The standard InChI is InChI=1S/C26H20O7/c1-5-9-11-22(32-23(27)7-3)20-17-29-26(30-18-20)19-13-15-21(16-14-19)31-25(12-10-6-2)33-24(28)8-4/h7-8,13-16,20,26H,1-4,17-18H2. The van der Waals surface area contributed by atoms with E-state index in [-0.39, 0.29) is 30.8 Å². The lowest BCUT2D eigenvalue weighted by atomic mass is 10.1. The molecular formula is C26H20O7. The first-order valence-corrected chi connectivity index (χ1v) is 9.50. The third kappa shape index (κ3) is 7.94. The Morgan fingerprint density at radius 3 is 2.06 bits per heavy atom. The van der Waals surface area contributed by atoms with Gasteiger partial charge < -0.3 is 23.7 Å². The van der Waals surface area contributed by atoms with Gasteiger partial charge >= 0.3 is 17.9 Å². The SMILES string of the molecule is C=C=C=C=C(OC(=O)C=C)Oc1ccc(C2OCC(C(=C=C=C=C)OC(=O)C=C)CO2)cc1. The molecule has 7 heteroatoms. The summed E-state index contributed by atoms with van der Waals surface area (Å²) in [5.41, 5.74) is 15.6. The zero-order chi connectivity index (χ0) is 24.1. The fourth-order valence-electron chi connectivity index (χ4n) is 2.41. The van der Waals surface area contributed by atoms with Crippen molar-refractivity contribution in [2.45, 2.75) is 6.29 Å². The number of benzene rings is 1. The molecule has 1 saturated heterocycles. The van der Waals surface area contributed by atoms with Crippen molar-refractivity contribution in [2.24, 2.45) is 5.92 Å². The van der Waals surface area contributed by atoms with E-state index < -0.39 is 18.2 Å². The van der Waals surface area contributed by atoms with Gasteiger partial charge in [0.25, 0.3) is 0 Å². The third-order valence-electron chi connectivity index (χ3n) is 3.90. The van der Waals surface area contributed by atoms with E-state index in [1.54, 1.807) is 24.3 Å². The predicted octanol–water partition coefficient (Wildman–Crippen LogP) is 4.10. The maximum absolute atomic E-state index is 11.5. The van der Waals surface area contributed by atoms with Crippen molar-refractivity contribution in [3.63, 3.8) is 0 Å². The second-order valence-electron chi connectivity index (χ2n) is 6.12. The van der Waals surface area contributed by atoms with Gasteiger partial charge in [0.05, 0.1) is 19.1 Å². The Morgan fingerprint density at radius 2 is 1.48 bits per heavy atom. The maximum Gasteiger partial charge on any atom is 0.350 e. The summed E-state index contributed by atoms with van der Waals surface area (Å²) in [5.74, 6) is -1.43. The van der Waals surface area contributed by atoms with E-state index in [0.29, 0.717) is 11.3 Å². The molecule has 7 nitrogen and oxygen atoms in total. The van der Waals surface area contributed by atoms with Gasteiger partial charge in [-0.1, -0.05) is 36.8 Å². The van der Waals surface area contributed by atoms with Crippen molar-refractivity contribution in [2.75, 3.05) is 13.2 Å². The number of esters is 2. The number of carbonyl (C=O) groups is 2. The molecule has 0 bridgehead atoms. The molecule has 0 saturated carbocycles. The molecule has 1 aromatic carbocycles. The average molecular weight is 444 g/mol. The fourth-order valence-corrected chi connectivity index (χ4v) is 2.41. The molecule has 1 fully saturated rings. The maximum atomic E-state index is 11.5. The van der Waals surface area contributed by atoms with Crippen molar-refractivity contribution >= 4 is 11.9 Å². The van der Waals surface area contributed by atoms with Crippen molar-refractivity contribution < 1.29 is 33.3 Å². The lowest BCUT2D eigenvalue weighted by Crippen LogP contribution is -2.29. The number of hydrogen-bond donors (Lipinski definition) is 0. The molecule has 1 aromatic rings. The largest absolute Gasteiger partial charge is 0.419 e. The van der Waals surface area contributed by atoms with E-state index in [2.05, 4.69) is 60.7 Å². The van der Waals surface area contributed by atoms with Crippen molar-refractivity contribution in [1.29, 1.82) is 0 Å². The van der Waals surface area contributed by atoms with Gasteiger partial charge in [-0.3, -0.25) is 0 Å². The van der Waals surface area contributed by atoms with Gasteiger partial charge in [0.15, 0.2) is 12.0 Å². The molecule has 33 heavy (non-hydrogen) atoms. The van der Waals surface area contributed by atoms with Crippen LogP contribution < -0.4 is 4.74 Å². The highest BCUT2D eigenvalue weighted by Crippen LogP contribution is 2.29. The highest BCUT2D eigenvalue weighted by Gasteiger charge is 2.28. The van der Waals surface area contributed by atoms with E-state index in [0.717, 1.165) is 12.2 Å². The summed E-state index contributed by atoms with van der Waals surface area (Å²) in [4.78, 5) is 23.0. The zero-order valence-electron chi connectivity index (χ0n) is 17.7. The Morgan fingerprint density at radius 1 is 0.909 bits per heavy atom. The van der Waals surface area contributed by atoms with Gasteiger partial charge in [0.1, 0.15) is 5.75 Å². The van der Waals surface area contributed by atoms with Crippen LogP contribution in [0.15, 0.2) is 109 Å². The van der Waals surface area contributed by atoms with Crippen LogP contribution in [0.5, 0.6) is 5.75 Å². The van der Waals surface area contributed by atoms with Crippen molar-refractivity contribution in [3.05, 3.63) is 114 Å². The van der Waals surface area contributed by atoms with Crippen molar-refractivity contribution in [3.8, 4) is 5.75 Å². The quantitative estimate of drug-likeness (QED) is 0.258. The first-order chi connectivity index (χ1) is 16.0. The topological polar surface area (TPSA) is 80.3 Å². The first kappa shape index (κ1) is 24.8. The number of carbonyl (C=O) groups excluding carboxylic acids is 2. The summed E-state index contributed by atoms with van der Waals surface area (Å²) in [7, 11) is 0. The normalized spacial score (nSPS) is 16.0. The van der Waals surface area contributed by atoms with E-state index in [4.69, 9.17) is 23.7 Å². The number of ether oxygens (including phenoxy) is 5. The third-order valence-corrected chi connectivity index (χ3v) is 3.90. The summed E-state index contributed by atoms with van der Waals surface area (Å²) in [5, 5.41) is 0. The van der Waals surface area contributed by atoms with E-state index in [1.807, 2.05) is 0 Å². The highest BCUT2D eigenvalue weighted by molar-refractivity contribution is 5.82. The first-order valence-electron chi connectivity index (χ1n) is 9.50. The molecule has 0 N–H and O–H groups in total. The molecule has 0 atom stereocenters. The second kappa shape index (κ2) is 13.0. The summed E-state index contributed by atoms with van der Waals surface area (Å²) in [6.45, 7) is 13.9. The Kier molecular flexibility index (Phi) is 9.80. The molecule has 0 unspecified atom stereocenters. The molecule has 0 aromatic heterocycles. The summed E-state index contributed by atoms with van der Waals surface area (Å²) >= 11 is 0. The second-order valence-corrected chi connectivity index (χ2v) is 6.12. The molecule has 2 rings (SSSR count). The average Bonchev–Trinajstić information content (AvgIpc) is 2.85. The molecule has 166 valence electrons. The monoisotopic (exact) mass is 444 g/mol. The fraction of sp³-hybridized carbons (Fsp3) is 0.154. The van der Waals surface area contributed by atoms with Crippen LogP contribution in [0.25, 0.3) is 0 Å². The van der Waals surface area contributed by atoms with Crippen LogP contribution in [0.1, 0.15) is 11.9 Å². The van der Waals surface area contributed by atoms with Crippen LogP contribution in [0, 0.1) is 5.92 Å². The molecule has 1 aliphatic rings. The molecule has 0 amide bonds. The van der Waals surface area contributed by atoms with Gasteiger partial charge in [-0.05, 0) is 42.5 Å². The lowest BCUT2D eigenvalue weighted by molar-refractivity contribution is -0.204. The molecule has 0 aliphatic carbocycles. The smallest absolute Gasteiger partial charge is 0.350 e. The van der Waals surface area contributed by atoms with Crippen LogP contribution in [0.4, 0.5) is 0 Å². The van der Waals surface area contributed by atoms with Gasteiger partial charge in [-0.2, -0.15) is 0 Å². The summed E-state index contributed by atoms with van der Waals surface area (Å²) in [6, 6.07) is 6.69. The molecule has 1 heterocycles. The Balaban J connectivity index is 2.08. The molecule has 1 aliphatic heterocycles. The molecule has 0 spiro atoms. The minimum atomic E-state index is -0.718. The number of rotatable bonds is 8. The molecule has 0 radical (unpaired) electrons. The van der Waals surface area contributed by atoms with Crippen LogP contribution in [-0.4, -0.2) is 25.2 Å².